The molecule has 0 fully saturated rings. The molecule has 0 rings (SSSR count). The molecule has 0 saturated heterocycles. The molecule has 104 valence electrons. The maximum absolute atomic E-state index is 11.6. The van der Waals surface area contributed by atoms with Gasteiger partial charge in [0.25, 0.3) is 0 Å². The zero-order valence-corrected chi connectivity index (χ0v) is 12.4. The van der Waals surface area contributed by atoms with Crippen molar-refractivity contribution in [3.8, 4) is 0 Å². The van der Waals surface area contributed by atoms with Crippen molar-refractivity contribution in [2.45, 2.75) is 32.2 Å². The second-order valence-corrected chi connectivity index (χ2v) is 8.89. The fraction of sp³-hybridized carbons (Fsp3) is 1.00. The number of nitrogens with one attached hydrogen (secondary N) is 1. The monoisotopic (exact) mass is 307 g/mol. The molecule has 6 nitrogen and oxygen atoms in total. The van der Waals surface area contributed by atoms with Crippen molar-refractivity contribution in [1.82, 2.24) is 4.84 Å². The van der Waals surface area contributed by atoms with Gasteiger partial charge in [-0.25, -0.2) is 13.3 Å². The van der Waals surface area contributed by atoms with E-state index in [1.165, 1.54) is 0 Å². The van der Waals surface area contributed by atoms with Crippen molar-refractivity contribution in [1.29, 1.82) is 0 Å². The first kappa shape index (κ1) is 17.4. The molecule has 0 aromatic heterocycles. The maximum atomic E-state index is 11.6. The normalized spacial score (nSPS) is 13.9. The van der Waals surface area contributed by atoms with Gasteiger partial charge in [-0.1, -0.05) is 0 Å². The fourth-order valence-corrected chi connectivity index (χ4v) is 3.54. The van der Waals surface area contributed by atoms with Crippen molar-refractivity contribution in [2.75, 3.05) is 17.7 Å². The molecule has 0 amide bonds. The van der Waals surface area contributed by atoms with Gasteiger partial charge >= 0.3 is 7.60 Å². The summed E-state index contributed by atoms with van der Waals surface area (Å²) in [5, 5.41) is 0. The highest BCUT2D eigenvalue weighted by Crippen LogP contribution is 2.34. The highest BCUT2D eigenvalue weighted by molar-refractivity contribution is 7.91. The average Bonchev–Trinajstić information content (AvgIpc) is 2.13. The third-order valence-electron chi connectivity index (χ3n) is 2.20. The van der Waals surface area contributed by atoms with Crippen LogP contribution >= 0.6 is 19.4 Å². The molecule has 0 aliphatic heterocycles. The van der Waals surface area contributed by atoms with Crippen molar-refractivity contribution < 1.29 is 22.8 Å². The number of sulfone groups is 1. The predicted octanol–water partition coefficient (Wildman–Crippen LogP) is 0.881. The van der Waals surface area contributed by atoms with Gasteiger partial charge in [-0.3, -0.25) is 4.57 Å². The van der Waals surface area contributed by atoms with Gasteiger partial charge in [0.15, 0.2) is 0 Å². The van der Waals surface area contributed by atoms with Gasteiger partial charge in [-0.05, 0) is 38.5 Å². The second-order valence-electron chi connectivity index (χ2n) is 4.62. The Kier molecular flexibility index (Phi) is 6.63. The molecule has 0 aliphatic rings. The van der Waals surface area contributed by atoms with Crippen LogP contribution in [0.25, 0.3) is 0 Å². The lowest BCUT2D eigenvalue weighted by atomic mass is 10.0. The van der Waals surface area contributed by atoms with Crippen LogP contribution in [0.3, 0.4) is 0 Å². The van der Waals surface area contributed by atoms with Crippen LogP contribution in [-0.2, 0) is 14.4 Å². The van der Waals surface area contributed by atoms with Crippen LogP contribution in [0.15, 0.2) is 0 Å². The second kappa shape index (κ2) is 6.50. The summed E-state index contributed by atoms with van der Waals surface area (Å²) in [6.07, 6.45) is -0.0839. The largest absolute Gasteiger partial charge is 0.325 e. The molecular weight excluding hydrogens is 289 g/mol. The fourth-order valence-electron chi connectivity index (χ4n) is 1.05. The molecule has 9 heteroatoms. The van der Waals surface area contributed by atoms with Crippen LogP contribution in [0.5, 0.6) is 0 Å². The lowest BCUT2D eigenvalue weighted by Crippen LogP contribution is -2.35. The first-order chi connectivity index (χ1) is 7.47. The minimum absolute atomic E-state index is 0.0264. The summed E-state index contributed by atoms with van der Waals surface area (Å²) >= 11 is 5.44. The Morgan fingerprint density at radius 1 is 1.29 bits per heavy atom. The molecular formula is C8H19ClNO5PS. The quantitative estimate of drug-likeness (QED) is 0.454. The molecule has 0 unspecified atom stereocenters. The van der Waals surface area contributed by atoms with E-state index >= 15 is 0 Å². The molecule has 0 spiro atoms. The molecule has 0 bridgehead atoms. The molecule has 0 radical (unpaired) electrons. The van der Waals surface area contributed by atoms with Gasteiger partial charge in [-0.15, -0.1) is 0 Å². The van der Waals surface area contributed by atoms with Crippen LogP contribution in [0.1, 0.15) is 26.7 Å². The highest BCUT2D eigenvalue weighted by atomic mass is 35.5. The Morgan fingerprint density at radius 3 is 2.24 bits per heavy atom. The lowest BCUT2D eigenvalue weighted by Gasteiger charge is -2.21. The summed E-state index contributed by atoms with van der Waals surface area (Å²) in [5.74, 6) is -0.267. The minimum atomic E-state index is -4.11. The number of halogens is 1. The van der Waals surface area contributed by atoms with Crippen LogP contribution in [0.4, 0.5) is 0 Å². The Balaban J connectivity index is 4.10. The van der Waals surface area contributed by atoms with E-state index in [0.717, 1.165) is 0 Å². The third-order valence-corrected chi connectivity index (χ3v) is 5.35. The van der Waals surface area contributed by atoms with E-state index in [1.807, 2.05) is 0 Å². The zero-order chi connectivity index (χ0) is 13.7. The van der Waals surface area contributed by atoms with Gasteiger partial charge < -0.3 is 9.79 Å². The number of hydrogen-bond donors (Lipinski definition) is 3. The molecule has 0 saturated carbocycles. The van der Waals surface area contributed by atoms with Crippen LogP contribution in [0.2, 0.25) is 0 Å². The van der Waals surface area contributed by atoms with E-state index in [-0.39, 0.29) is 17.9 Å². The average molecular weight is 308 g/mol. The summed E-state index contributed by atoms with van der Waals surface area (Å²) in [4.78, 5) is 19.7. The number of hydrogen-bond acceptors (Lipinski definition) is 4. The predicted molar refractivity (Wildman–Crippen MR) is 67.9 cm³/mol. The van der Waals surface area contributed by atoms with Gasteiger partial charge in [0.05, 0.1) is 17.7 Å². The topological polar surface area (TPSA) is 104 Å². The number of rotatable bonds is 8. The molecule has 0 aromatic rings. The lowest BCUT2D eigenvalue weighted by molar-refractivity contribution is 0.372. The molecule has 0 aromatic carbocycles. The summed E-state index contributed by atoms with van der Waals surface area (Å²) in [7, 11) is -7.40. The summed E-state index contributed by atoms with van der Waals surface area (Å²) in [6, 6.07) is 0. The van der Waals surface area contributed by atoms with Gasteiger partial charge in [0.1, 0.15) is 9.84 Å². The van der Waals surface area contributed by atoms with Crippen molar-refractivity contribution in [2.24, 2.45) is 0 Å². The van der Waals surface area contributed by atoms with Crippen molar-refractivity contribution in [3.63, 3.8) is 0 Å². The molecule has 0 atom stereocenters. The van der Waals surface area contributed by atoms with E-state index in [9.17, 15) is 13.0 Å². The van der Waals surface area contributed by atoms with Crippen molar-refractivity contribution in [3.05, 3.63) is 0 Å². The smallest absolute Gasteiger partial charge is 0.324 e. The molecule has 0 aliphatic carbocycles. The zero-order valence-electron chi connectivity index (χ0n) is 9.89. The van der Waals surface area contributed by atoms with Crippen LogP contribution in [0, 0.1) is 0 Å². The Bertz CT molecular complexity index is 377. The summed E-state index contributed by atoms with van der Waals surface area (Å²) < 4.78 is 33.7. The highest BCUT2D eigenvalue weighted by Gasteiger charge is 2.22. The van der Waals surface area contributed by atoms with Gasteiger partial charge in [-0.2, -0.15) is 0 Å². The van der Waals surface area contributed by atoms with E-state index in [1.54, 1.807) is 13.8 Å². The van der Waals surface area contributed by atoms with Crippen molar-refractivity contribution >= 4 is 29.2 Å². The Labute approximate surface area is 107 Å². The summed E-state index contributed by atoms with van der Waals surface area (Å²) in [6.45, 7) is 3.54. The van der Waals surface area contributed by atoms with E-state index < -0.39 is 29.1 Å². The van der Waals surface area contributed by atoms with Gasteiger partial charge in [0.2, 0.25) is 0 Å². The first-order valence-electron chi connectivity index (χ1n) is 5.10. The molecule has 17 heavy (non-hydrogen) atoms. The maximum Gasteiger partial charge on any atom is 0.325 e. The van der Waals surface area contributed by atoms with E-state index in [2.05, 4.69) is 4.84 Å². The molecule has 3 N–H and O–H groups in total. The minimum Gasteiger partial charge on any atom is -0.324 e. The first-order valence-corrected chi connectivity index (χ1v) is 9.10. The Hall–Kier alpha value is 0.350. The SMILES string of the molecule is CC(C)(CCS(=O)(=O)CCCP(=O)(O)O)NCl. The van der Waals surface area contributed by atoms with Gasteiger partial charge in [0, 0.05) is 5.54 Å². The van der Waals surface area contributed by atoms with Crippen LogP contribution < -0.4 is 4.84 Å². The van der Waals surface area contributed by atoms with E-state index in [0.29, 0.717) is 6.42 Å². The third kappa shape index (κ3) is 10.00. The van der Waals surface area contributed by atoms with E-state index in [4.69, 9.17) is 21.6 Å². The summed E-state index contributed by atoms with van der Waals surface area (Å²) in [5.41, 5.74) is -0.488. The van der Waals surface area contributed by atoms with Crippen LogP contribution in [-0.4, -0.2) is 41.4 Å². The standard InChI is InChI=1S/C8H19ClNO5PS/c1-8(2,10-9)4-7-17(14,15)6-3-5-16(11,12)13/h10H,3-7H2,1-2H3,(H2,11,12,13). The molecule has 0 heterocycles. The Morgan fingerprint density at radius 2 is 1.82 bits per heavy atom.